The first-order valence-corrected chi connectivity index (χ1v) is 8.29. The van der Waals surface area contributed by atoms with E-state index in [1.54, 1.807) is 11.0 Å². The number of hydrogen-bond acceptors (Lipinski definition) is 5. The van der Waals surface area contributed by atoms with Gasteiger partial charge in [-0.15, -0.1) is 0 Å². The minimum absolute atomic E-state index is 0.288. The molecule has 1 aliphatic heterocycles. The summed E-state index contributed by atoms with van der Waals surface area (Å²) in [5, 5.41) is 20.3. The van der Waals surface area contributed by atoms with Crippen LogP contribution in [0.25, 0.3) is 6.08 Å². The lowest BCUT2D eigenvalue weighted by Crippen LogP contribution is -2.41. The molecule has 1 aliphatic rings. The third kappa shape index (κ3) is 5.48. The summed E-state index contributed by atoms with van der Waals surface area (Å²) < 4.78 is 5.37. The maximum atomic E-state index is 12.0. The smallest absolute Gasteiger partial charge is 0.410 e. The number of rotatable bonds is 3. The van der Waals surface area contributed by atoms with Gasteiger partial charge >= 0.3 is 11.8 Å². The number of ether oxygens (including phenoxy) is 1. The van der Waals surface area contributed by atoms with Gasteiger partial charge in [-0.25, -0.2) is 4.79 Å². The molecule has 7 nitrogen and oxygen atoms in total. The number of carbonyl (C=O) groups is 1. The van der Waals surface area contributed by atoms with Crippen LogP contribution in [0.4, 0.5) is 10.5 Å². The Hall–Kier alpha value is -2.57. The van der Waals surface area contributed by atoms with Gasteiger partial charge in [0.05, 0.1) is 4.92 Å². The van der Waals surface area contributed by atoms with E-state index in [9.17, 15) is 20.0 Å². The average Bonchev–Trinajstić information content (AvgIpc) is 2.52. The minimum atomic E-state index is -0.605. The third-order valence-corrected chi connectivity index (χ3v) is 3.95. The van der Waals surface area contributed by atoms with Crippen LogP contribution in [0, 0.1) is 16.0 Å². The second-order valence-electron chi connectivity index (χ2n) is 7.17. The Bertz CT molecular complexity index is 671. The van der Waals surface area contributed by atoms with E-state index in [1.165, 1.54) is 12.1 Å². The molecule has 1 N–H and O–H groups in total. The monoisotopic (exact) mass is 348 g/mol. The molecular formula is C18H24N2O5. The Morgan fingerprint density at radius 1 is 1.36 bits per heavy atom. The molecule has 25 heavy (non-hydrogen) atoms. The number of benzene rings is 1. The van der Waals surface area contributed by atoms with Crippen LogP contribution in [0.15, 0.2) is 24.3 Å². The van der Waals surface area contributed by atoms with Gasteiger partial charge in [-0.3, -0.25) is 10.1 Å². The van der Waals surface area contributed by atoms with Gasteiger partial charge in [0, 0.05) is 19.2 Å². The lowest BCUT2D eigenvalue weighted by molar-refractivity contribution is -0.385. The number of allylic oxidation sites excluding steroid dienone is 1. The summed E-state index contributed by atoms with van der Waals surface area (Å²) in [6, 6.07) is 4.30. The van der Waals surface area contributed by atoms with E-state index in [2.05, 4.69) is 0 Å². The van der Waals surface area contributed by atoms with Gasteiger partial charge < -0.3 is 14.7 Å². The van der Waals surface area contributed by atoms with Crippen molar-refractivity contribution in [3.05, 3.63) is 40.0 Å². The lowest BCUT2D eigenvalue weighted by atomic mass is 9.96. The van der Waals surface area contributed by atoms with Crippen molar-refractivity contribution >= 4 is 17.9 Å². The summed E-state index contributed by atoms with van der Waals surface area (Å²) in [5.74, 6) is -0.0423. The number of amides is 1. The average molecular weight is 348 g/mol. The molecule has 0 aromatic heterocycles. The summed E-state index contributed by atoms with van der Waals surface area (Å²) >= 11 is 0. The van der Waals surface area contributed by atoms with Crippen LogP contribution in [0.5, 0.6) is 5.75 Å². The van der Waals surface area contributed by atoms with Crippen LogP contribution >= 0.6 is 0 Å². The number of hydrogen-bond donors (Lipinski definition) is 1. The molecule has 0 bridgehead atoms. The van der Waals surface area contributed by atoms with Gasteiger partial charge in [0.1, 0.15) is 5.60 Å². The lowest BCUT2D eigenvalue weighted by Gasteiger charge is -2.32. The Balaban J connectivity index is 1.92. The normalized spacial score (nSPS) is 16.2. The Kier molecular flexibility index (Phi) is 5.66. The van der Waals surface area contributed by atoms with E-state index in [-0.39, 0.29) is 17.5 Å². The number of aromatic hydroxyl groups is 1. The molecule has 0 radical (unpaired) electrons. The number of phenols is 1. The molecule has 7 heteroatoms. The van der Waals surface area contributed by atoms with E-state index >= 15 is 0 Å². The molecule has 1 aromatic carbocycles. The van der Waals surface area contributed by atoms with Gasteiger partial charge in [0.2, 0.25) is 0 Å². The first-order valence-electron chi connectivity index (χ1n) is 8.29. The van der Waals surface area contributed by atoms with E-state index in [0.29, 0.717) is 24.6 Å². The molecule has 0 aliphatic carbocycles. The van der Waals surface area contributed by atoms with Crippen molar-refractivity contribution < 1.29 is 19.6 Å². The number of nitrogens with zero attached hydrogens (tertiary/aromatic N) is 2. The molecule has 1 heterocycles. The Morgan fingerprint density at radius 3 is 2.56 bits per heavy atom. The number of nitro benzene ring substituents is 1. The number of carbonyl (C=O) groups excluding carboxylic acids is 1. The number of piperidine rings is 1. The van der Waals surface area contributed by atoms with Gasteiger partial charge in [-0.05, 0) is 51.2 Å². The van der Waals surface area contributed by atoms with E-state index in [1.807, 2.05) is 32.9 Å². The van der Waals surface area contributed by atoms with Gasteiger partial charge in [0.25, 0.3) is 0 Å². The van der Waals surface area contributed by atoms with Crippen LogP contribution in [0.3, 0.4) is 0 Å². The largest absolute Gasteiger partial charge is 0.502 e. The van der Waals surface area contributed by atoms with Crippen molar-refractivity contribution in [2.24, 2.45) is 5.92 Å². The summed E-state index contributed by atoms with van der Waals surface area (Å²) in [7, 11) is 0. The van der Waals surface area contributed by atoms with Crippen LogP contribution in [-0.2, 0) is 4.74 Å². The fraction of sp³-hybridized carbons (Fsp3) is 0.500. The van der Waals surface area contributed by atoms with Crippen molar-refractivity contribution in [3.63, 3.8) is 0 Å². The van der Waals surface area contributed by atoms with E-state index in [0.717, 1.165) is 12.8 Å². The van der Waals surface area contributed by atoms with Crippen molar-refractivity contribution in [1.29, 1.82) is 0 Å². The van der Waals surface area contributed by atoms with Crippen molar-refractivity contribution in [2.75, 3.05) is 13.1 Å². The molecule has 1 aromatic rings. The summed E-state index contributed by atoms with van der Waals surface area (Å²) in [4.78, 5) is 24.0. The molecule has 0 unspecified atom stereocenters. The van der Waals surface area contributed by atoms with Crippen molar-refractivity contribution in [2.45, 2.75) is 39.2 Å². The molecule has 0 atom stereocenters. The second kappa shape index (κ2) is 7.55. The molecule has 1 fully saturated rings. The van der Waals surface area contributed by atoms with E-state index < -0.39 is 10.5 Å². The zero-order chi connectivity index (χ0) is 18.6. The van der Waals surface area contributed by atoms with Crippen molar-refractivity contribution in [1.82, 2.24) is 4.90 Å². The summed E-state index contributed by atoms with van der Waals surface area (Å²) in [6.45, 7) is 6.78. The second-order valence-corrected chi connectivity index (χ2v) is 7.17. The number of likely N-dealkylation sites (tertiary alicyclic amines) is 1. The molecule has 136 valence electrons. The standard InChI is InChI=1S/C18H24N2O5/c1-18(2,3)25-17(22)19-10-8-13(9-11-19)4-5-14-6-7-16(21)15(12-14)20(23)24/h4-7,12-13,21H,8-11H2,1-3H3/b5-4+. The fourth-order valence-electron chi connectivity index (χ4n) is 2.64. The highest BCUT2D eigenvalue weighted by Crippen LogP contribution is 2.28. The maximum Gasteiger partial charge on any atom is 0.410 e. The predicted octanol–water partition coefficient (Wildman–Crippen LogP) is 3.96. The highest BCUT2D eigenvalue weighted by molar-refractivity contribution is 5.68. The van der Waals surface area contributed by atoms with Gasteiger partial charge in [0.15, 0.2) is 5.75 Å². The van der Waals surface area contributed by atoms with E-state index in [4.69, 9.17) is 4.74 Å². The molecule has 1 amide bonds. The highest BCUT2D eigenvalue weighted by Gasteiger charge is 2.25. The van der Waals surface area contributed by atoms with Crippen LogP contribution in [0.2, 0.25) is 0 Å². The molecule has 2 rings (SSSR count). The van der Waals surface area contributed by atoms with Crippen LogP contribution in [-0.4, -0.2) is 39.7 Å². The molecular weight excluding hydrogens is 324 g/mol. The Labute approximate surface area is 147 Å². The first-order chi connectivity index (χ1) is 11.7. The first kappa shape index (κ1) is 18.8. The molecule has 0 saturated carbocycles. The quantitative estimate of drug-likeness (QED) is 0.659. The molecule has 1 saturated heterocycles. The summed E-state index contributed by atoms with van der Waals surface area (Å²) in [5.41, 5.74) is -0.137. The zero-order valence-electron chi connectivity index (χ0n) is 14.8. The highest BCUT2D eigenvalue weighted by atomic mass is 16.6. The van der Waals surface area contributed by atoms with Crippen LogP contribution < -0.4 is 0 Å². The van der Waals surface area contributed by atoms with Gasteiger partial charge in [-0.1, -0.05) is 18.2 Å². The summed E-state index contributed by atoms with van der Waals surface area (Å²) in [6.07, 6.45) is 5.17. The van der Waals surface area contributed by atoms with Crippen molar-refractivity contribution in [3.8, 4) is 5.75 Å². The topological polar surface area (TPSA) is 92.9 Å². The fourth-order valence-corrected chi connectivity index (χ4v) is 2.64. The maximum absolute atomic E-state index is 12.0. The molecule has 0 spiro atoms. The third-order valence-electron chi connectivity index (χ3n) is 3.95. The predicted molar refractivity (Wildman–Crippen MR) is 94.3 cm³/mol. The van der Waals surface area contributed by atoms with Gasteiger partial charge in [-0.2, -0.15) is 0 Å². The number of phenolic OH excluding ortho intramolecular Hbond substituents is 1. The van der Waals surface area contributed by atoms with Crippen LogP contribution in [0.1, 0.15) is 39.2 Å². The minimum Gasteiger partial charge on any atom is -0.502 e. The Morgan fingerprint density at radius 2 is 2.00 bits per heavy atom. The zero-order valence-corrected chi connectivity index (χ0v) is 14.8. The number of nitro groups is 1. The SMILES string of the molecule is CC(C)(C)OC(=O)N1CCC(/C=C/c2ccc(O)c([N+](=O)[O-])c2)CC1.